The molecule has 0 aromatic heterocycles. The summed E-state index contributed by atoms with van der Waals surface area (Å²) >= 11 is 3.38. The lowest BCUT2D eigenvalue weighted by Crippen LogP contribution is -2.32. The molecule has 0 radical (unpaired) electrons. The lowest BCUT2D eigenvalue weighted by molar-refractivity contribution is 0.0600. The van der Waals surface area contributed by atoms with Gasteiger partial charge in [0.05, 0.1) is 12.7 Å². The Bertz CT molecular complexity index is 777. The molecular weight excluding hydrogens is 398 g/mol. The van der Waals surface area contributed by atoms with Gasteiger partial charge < -0.3 is 9.47 Å². The molecule has 5 nitrogen and oxygen atoms in total. The summed E-state index contributed by atoms with van der Waals surface area (Å²) in [6, 6.07) is 14.6. The number of benzene rings is 2. The van der Waals surface area contributed by atoms with Gasteiger partial charge in [0, 0.05) is 17.6 Å². The summed E-state index contributed by atoms with van der Waals surface area (Å²) in [6.45, 7) is 4.10. The fourth-order valence-corrected chi connectivity index (χ4v) is 2.68. The fraction of sp³-hybridized carbons (Fsp3) is 0.200. The van der Waals surface area contributed by atoms with Crippen molar-refractivity contribution in [3.05, 3.63) is 77.9 Å². The second-order valence-electron chi connectivity index (χ2n) is 5.45. The van der Waals surface area contributed by atoms with E-state index < -0.39 is 12.1 Å². The number of esters is 1. The molecule has 0 saturated carbocycles. The first-order chi connectivity index (χ1) is 12.6. The van der Waals surface area contributed by atoms with E-state index in [9.17, 15) is 9.59 Å². The zero-order chi connectivity index (χ0) is 18.9. The molecule has 6 heteroatoms. The van der Waals surface area contributed by atoms with Gasteiger partial charge in [0.25, 0.3) is 0 Å². The average molecular weight is 418 g/mol. The molecule has 0 heterocycles. The summed E-state index contributed by atoms with van der Waals surface area (Å²) in [5.74, 6) is -0.467. The first-order valence-corrected chi connectivity index (χ1v) is 9.08. The van der Waals surface area contributed by atoms with Crippen LogP contribution in [0.4, 0.5) is 10.5 Å². The van der Waals surface area contributed by atoms with Gasteiger partial charge in [-0.3, -0.25) is 4.90 Å². The Hall–Kier alpha value is -2.60. The van der Waals surface area contributed by atoms with Crippen molar-refractivity contribution < 1.29 is 19.1 Å². The van der Waals surface area contributed by atoms with Gasteiger partial charge in [-0.05, 0) is 29.3 Å². The van der Waals surface area contributed by atoms with Gasteiger partial charge in [-0.1, -0.05) is 52.3 Å². The quantitative estimate of drug-likeness (QED) is 0.372. The van der Waals surface area contributed by atoms with Crippen LogP contribution in [0.15, 0.2) is 61.2 Å². The lowest BCUT2D eigenvalue weighted by Gasteiger charge is -2.22. The number of anilines is 1. The molecule has 2 rings (SSSR count). The highest BCUT2D eigenvalue weighted by Crippen LogP contribution is 2.23. The molecule has 0 aliphatic carbocycles. The third kappa shape index (κ3) is 5.20. The number of amides is 1. The normalized spacial score (nSPS) is 10.1. The van der Waals surface area contributed by atoms with Gasteiger partial charge in [-0.2, -0.15) is 0 Å². The number of methoxy groups -OCH3 is 1. The predicted octanol–water partition coefficient (Wildman–Crippen LogP) is 4.70. The Labute approximate surface area is 161 Å². The van der Waals surface area contributed by atoms with E-state index in [4.69, 9.17) is 9.47 Å². The van der Waals surface area contributed by atoms with E-state index in [2.05, 4.69) is 22.5 Å². The molecule has 0 N–H and O–H groups in total. The number of carbonyl (C=O) groups excluding carboxylic acids is 2. The topological polar surface area (TPSA) is 55.8 Å². The minimum Gasteiger partial charge on any atom is -0.465 e. The third-order valence-electron chi connectivity index (χ3n) is 3.60. The average Bonchev–Trinajstić information content (AvgIpc) is 2.69. The van der Waals surface area contributed by atoms with Crippen LogP contribution in [0.25, 0.3) is 0 Å². The van der Waals surface area contributed by atoms with Gasteiger partial charge in [0.15, 0.2) is 0 Å². The van der Waals surface area contributed by atoms with Gasteiger partial charge in [0.2, 0.25) is 0 Å². The van der Waals surface area contributed by atoms with Gasteiger partial charge in [0.1, 0.15) is 6.61 Å². The van der Waals surface area contributed by atoms with Crippen molar-refractivity contribution in [3.8, 4) is 0 Å². The molecule has 0 atom stereocenters. The van der Waals surface area contributed by atoms with E-state index in [1.165, 1.54) is 12.0 Å². The van der Waals surface area contributed by atoms with Crippen LogP contribution < -0.4 is 4.90 Å². The summed E-state index contributed by atoms with van der Waals surface area (Å²) in [6.07, 6.45) is 1.08. The number of carbonyl (C=O) groups is 2. The highest BCUT2D eigenvalue weighted by molar-refractivity contribution is 9.08. The minimum absolute atomic E-state index is 0.162. The Morgan fingerprint density at radius 2 is 1.88 bits per heavy atom. The summed E-state index contributed by atoms with van der Waals surface area (Å²) in [4.78, 5) is 25.9. The highest BCUT2D eigenvalue weighted by atomic mass is 79.9. The summed E-state index contributed by atoms with van der Waals surface area (Å²) < 4.78 is 10.2. The van der Waals surface area contributed by atoms with Crippen molar-refractivity contribution >= 4 is 33.7 Å². The molecule has 0 unspecified atom stereocenters. The van der Waals surface area contributed by atoms with Gasteiger partial charge in [-0.15, -0.1) is 6.58 Å². The number of rotatable bonds is 7. The van der Waals surface area contributed by atoms with Crippen LogP contribution in [0.5, 0.6) is 0 Å². The smallest absolute Gasteiger partial charge is 0.414 e. The zero-order valence-electron chi connectivity index (χ0n) is 14.5. The van der Waals surface area contributed by atoms with Gasteiger partial charge in [-0.25, -0.2) is 9.59 Å². The second-order valence-corrected chi connectivity index (χ2v) is 6.01. The number of halogens is 1. The number of nitrogens with zero attached hydrogens (tertiary/aromatic N) is 1. The number of hydrogen-bond donors (Lipinski definition) is 0. The minimum atomic E-state index is -0.517. The molecular formula is C20H20BrNO4. The zero-order valence-corrected chi connectivity index (χ0v) is 16.1. The lowest BCUT2D eigenvalue weighted by atomic mass is 10.1. The first kappa shape index (κ1) is 19.7. The van der Waals surface area contributed by atoms with E-state index in [0.29, 0.717) is 16.6 Å². The molecule has 2 aromatic carbocycles. The number of ether oxygens (including phenoxy) is 2. The molecule has 0 aliphatic heterocycles. The Kier molecular flexibility index (Phi) is 7.41. The van der Waals surface area contributed by atoms with Crippen molar-refractivity contribution in [1.82, 2.24) is 0 Å². The molecule has 26 heavy (non-hydrogen) atoms. The van der Waals surface area contributed by atoms with E-state index >= 15 is 0 Å². The van der Waals surface area contributed by atoms with E-state index in [-0.39, 0.29) is 13.2 Å². The maximum Gasteiger partial charge on any atom is 0.414 e. The molecule has 0 fully saturated rings. The van der Waals surface area contributed by atoms with Crippen LogP contribution >= 0.6 is 15.9 Å². The molecule has 0 bridgehead atoms. The fourth-order valence-electron chi connectivity index (χ4n) is 2.35. The van der Waals surface area contributed by atoms with Crippen LogP contribution in [0.1, 0.15) is 21.5 Å². The van der Waals surface area contributed by atoms with Crippen LogP contribution in [-0.4, -0.2) is 25.7 Å². The van der Waals surface area contributed by atoms with E-state index in [1.54, 1.807) is 18.2 Å². The van der Waals surface area contributed by atoms with E-state index in [1.807, 2.05) is 36.4 Å². The van der Waals surface area contributed by atoms with Crippen LogP contribution in [0, 0.1) is 0 Å². The molecule has 1 amide bonds. The van der Waals surface area contributed by atoms with Crippen LogP contribution in [-0.2, 0) is 21.4 Å². The summed E-state index contributed by atoms with van der Waals surface area (Å²) in [5.41, 5.74) is 2.64. The van der Waals surface area contributed by atoms with E-state index in [0.717, 1.165) is 11.1 Å². The largest absolute Gasteiger partial charge is 0.465 e. The molecule has 0 spiro atoms. The van der Waals surface area contributed by atoms with Crippen LogP contribution in [0.2, 0.25) is 0 Å². The number of alkyl halides is 1. The van der Waals surface area contributed by atoms with Crippen molar-refractivity contribution in [2.75, 3.05) is 18.6 Å². The van der Waals surface area contributed by atoms with Crippen molar-refractivity contribution in [2.45, 2.75) is 11.9 Å². The van der Waals surface area contributed by atoms with Gasteiger partial charge >= 0.3 is 12.1 Å². The molecule has 0 aliphatic rings. The Morgan fingerprint density at radius 3 is 2.50 bits per heavy atom. The third-order valence-corrected chi connectivity index (χ3v) is 4.25. The molecule has 0 saturated heterocycles. The standard InChI is InChI=1S/C20H20BrNO4/c1-3-9-22(20(24)26-14-15-7-5-4-6-8-15)18-11-16(13-21)10-17(12-18)19(23)25-2/h3-8,10-12H,1,9,13-14H2,2H3. The predicted molar refractivity (Wildman–Crippen MR) is 105 cm³/mol. The molecule has 136 valence electrons. The van der Waals surface area contributed by atoms with Crippen molar-refractivity contribution in [3.63, 3.8) is 0 Å². The Morgan fingerprint density at radius 1 is 1.15 bits per heavy atom. The summed E-state index contributed by atoms with van der Waals surface area (Å²) in [7, 11) is 1.32. The SMILES string of the molecule is C=CCN(C(=O)OCc1ccccc1)c1cc(CBr)cc(C(=O)OC)c1. The van der Waals surface area contributed by atoms with Crippen molar-refractivity contribution in [1.29, 1.82) is 0 Å². The molecule has 2 aromatic rings. The maximum atomic E-state index is 12.6. The van der Waals surface area contributed by atoms with Crippen molar-refractivity contribution in [2.24, 2.45) is 0 Å². The first-order valence-electron chi connectivity index (χ1n) is 7.96. The Balaban J connectivity index is 2.25. The maximum absolute atomic E-state index is 12.6. The summed E-state index contributed by atoms with van der Waals surface area (Å²) in [5, 5.41) is 0.534. The number of hydrogen-bond acceptors (Lipinski definition) is 4. The second kappa shape index (κ2) is 9.77. The highest BCUT2D eigenvalue weighted by Gasteiger charge is 2.19. The monoisotopic (exact) mass is 417 g/mol. The van der Waals surface area contributed by atoms with Crippen LogP contribution in [0.3, 0.4) is 0 Å².